The summed E-state index contributed by atoms with van der Waals surface area (Å²) >= 11 is 0. The van der Waals surface area contributed by atoms with E-state index in [0.29, 0.717) is 25.4 Å². The van der Waals surface area contributed by atoms with Crippen molar-refractivity contribution in [1.29, 1.82) is 0 Å². The summed E-state index contributed by atoms with van der Waals surface area (Å²) in [5.74, 6) is -0.891. The molecule has 1 aromatic heterocycles. The first kappa shape index (κ1) is 24.1. The van der Waals surface area contributed by atoms with Crippen LogP contribution in [-0.4, -0.2) is 65.5 Å². The maximum atomic E-state index is 13.6. The Morgan fingerprint density at radius 3 is 2.14 bits per heavy atom. The summed E-state index contributed by atoms with van der Waals surface area (Å²) in [6, 6.07) is 21.4. The number of likely N-dealkylation sites (tertiary alicyclic amines) is 1. The van der Waals surface area contributed by atoms with Crippen molar-refractivity contribution >= 4 is 5.91 Å². The highest BCUT2D eigenvalue weighted by Crippen LogP contribution is 2.33. The number of ether oxygens (including phenoxy) is 1. The van der Waals surface area contributed by atoms with Crippen LogP contribution in [0, 0.1) is 0 Å². The highest BCUT2D eigenvalue weighted by atomic mass is 16.5. The first-order valence-electron chi connectivity index (χ1n) is 12.4. The number of pyridine rings is 1. The molecule has 0 saturated carbocycles. The minimum Gasteiger partial charge on any atom is -0.502 e. The van der Waals surface area contributed by atoms with Crippen LogP contribution >= 0.6 is 0 Å². The number of rotatable bonds is 8. The zero-order valence-corrected chi connectivity index (χ0v) is 20.5. The van der Waals surface area contributed by atoms with Gasteiger partial charge >= 0.3 is 0 Å². The fourth-order valence-electron chi connectivity index (χ4n) is 5.24. The predicted octanol–water partition coefficient (Wildman–Crippen LogP) is 2.94. The van der Waals surface area contributed by atoms with Gasteiger partial charge in [-0.1, -0.05) is 60.7 Å². The van der Waals surface area contributed by atoms with Crippen molar-refractivity contribution in [3.8, 4) is 5.75 Å². The number of hydrogen-bond acceptors (Lipinski definition) is 6. The van der Waals surface area contributed by atoms with Crippen LogP contribution in [-0.2, 0) is 11.3 Å². The molecular formula is C28H32N4O4. The topological polar surface area (TPSA) is 78.2 Å². The van der Waals surface area contributed by atoms with Gasteiger partial charge in [-0.05, 0) is 37.1 Å². The van der Waals surface area contributed by atoms with Gasteiger partial charge in [0.2, 0.25) is 5.43 Å². The van der Waals surface area contributed by atoms with E-state index in [4.69, 9.17) is 4.74 Å². The zero-order chi connectivity index (χ0) is 25.1. The summed E-state index contributed by atoms with van der Waals surface area (Å²) < 4.78 is 7.06. The van der Waals surface area contributed by atoms with Gasteiger partial charge in [-0.25, -0.2) is 4.68 Å². The molecule has 2 aliphatic heterocycles. The number of amides is 1. The Kier molecular flexibility index (Phi) is 7.06. The van der Waals surface area contributed by atoms with Crippen molar-refractivity contribution in [3.05, 3.63) is 99.5 Å². The summed E-state index contributed by atoms with van der Waals surface area (Å²) in [5, 5.41) is 13.0. The third kappa shape index (κ3) is 4.62. The molecule has 8 nitrogen and oxygen atoms in total. The Morgan fingerprint density at radius 1 is 0.944 bits per heavy atom. The predicted molar refractivity (Wildman–Crippen MR) is 138 cm³/mol. The van der Waals surface area contributed by atoms with E-state index in [0.717, 1.165) is 37.1 Å². The molecule has 1 fully saturated rings. The Bertz CT molecular complexity index is 1220. The molecule has 0 spiro atoms. The fraction of sp³-hybridized carbons (Fsp3) is 0.357. The molecule has 0 radical (unpaired) electrons. The van der Waals surface area contributed by atoms with E-state index in [1.54, 1.807) is 16.7 Å². The second-order valence-corrected chi connectivity index (χ2v) is 9.36. The lowest BCUT2D eigenvalue weighted by molar-refractivity contribution is 0.0610. The average molecular weight is 489 g/mol. The first-order chi connectivity index (χ1) is 17.6. The summed E-state index contributed by atoms with van der Waals surface area (Å²) in [5.41, 5.74) is 2.26. The molecule has 2 aromatic carbocycles. The lowest BCUT2D eigenvalue weighted by Crippen LogP contribution is -2.57. The van der Waals surface area contributed by atoms with Gasteiger partial charge in [0.25, 0.3) is 5.91 Å². The Labute approximate surface area is 210 Å². The Morgan fingerprint density at radius 2 is 1.56 bits per heavy atom. The van der Waals surface area contributed by atoms with Gasteiger partial charge < -0.3 is 14.7 Å². The minimum absolute atomic E-state index is 0.0101. The molecule has 3 heterocycles. The van der Waals surface area contributed by atoms with Gasteiger partial charge in [-0.3, -0.25) is 19.5 Å². The SMILES string of the molecule is COCCN1CN(C(c2ccccc2)c2ccccc2)n2c(CN3CCCC3)cc(=O)c(O)c2C1=O. The van der Waals surface area contributed by atoms with Crippen LogP contribution in [0.15, 0.2) is 71.5 Å². The Balaban J connectivity index is 1.72. The quantitative estimate of drug-likeness (QED) is 0.525. The Hall–Kier alpha value is -3.62. The summed E-state index contributed by atoms with van der Waals surface area (Å²) in [6.45, 7) is 3.38. The number of nitrogens with zero attached hydrogens (tertiary/aromatic N) is 4. The van der Waals surface area contributed by atoms with Crippen LogP contribution in [0.2, 0.25) is 0 Å². The molecular weight excluding hydrogens is 456 g/mol. The zero-order valence-electron chi connectivity index (χ0n) is 20.5. The average Bonchev–Trinajstić information content (AvgIpc) is 3.41. The largest absolute Gasteiger partial charge is 0.502 e. The number of hydrogen-bond donors (Lipinski definition) is 1. The second-order valence-electron chi connectivity index (χ2n) is 9.36. The number of carbonyl (C=O) groups is 1. The molecule has 0 unspecified atom stereocenters. The van der Waals surface area contributed by atoms with Gasteiger partial charge in [0.15, 0.2) is 11.4 Å². The van der Waals surface area contributed by atoms with E-state index in [1.807, 2.05) is 36.4 Å². The molecule has 0 atom stereocenters. The number of carbonyl (C=O) groups excluding carboxylic acids is 1. The van der Waals surface area contributed by atoms with Crippen LogP contribution in [0.25, 0.3) is 0 Å². The minimum atomic E-state index is -0.534. The normalized spacial score (nSPS) is 16.1. The molecule has 2 aliphatic rings. The number of aromatic nitrogens is 1. The summed E-state index contributed by atoms with van der Waals surface area (Å²) in [4.78, 5) is 30.4. The number of aromatic hydroxyl groups is 1. The van der Waals surface area contributed by atoms with E-state index in [9.17, 15) is 14.7 Å². The molecule has 0 bridgehead atoms. The van der Waals surface area contributed by atoms with Crippen LogP contribution in [0.4, 0.5) is 0 Å². The molecule has 8 heteroatoms. The van der Waals surface area contributed by atoms with Crippen molar-refractivity contribution in [2.45, 2.75) is 25.4 Å². The van der Waals surface area contributed by atoms with Crippen LogP contribution in [0.5, 0.6) is 5.75 Å². The standard InChI is InChI=1S/C28H32N4O4/c1-36-17-16-30-20-31(25(21-10-4-2-5-11-21)22-12-6-3-7-13-22)32-23(19-29-14-8-9-15-29)18-24(33)27(34)26(32)28(30)35/h2-7,10-13,18,25,34H,8-9,14-17,19-20H2,1H3. The lowest BCUT2D eigenvalue weighted by Gasteiger charge is -2.45. The third-order valence-electron chi connectivity index (χ3n) is 6.98. The maximum absolute atomic E-state index is 13.6. The maximum Gasteiger partial charge on any atom is 0.277 e. The van der Waals surface area contributed by atoms with Gasteiger partial charge in [0.05, 0.1) is 18.3 Å². The molecule has 1 saturated heterocycles. The lowest BCUT2D eigenvalue weighted by atomic mass is 9.98. The van der Waals surface area contributed by atoms with E-state index in [-0.39, 0.29) is 24.3 Å². The molecule has 1 N–H and O–H groups in total. The third-order valence-corrected chi connectivity index (χ3v) is 6.98. The van der Waals surface area contributed by atoms with Gasteiger partial charge in [-0.2, -0.15) is 0 Å². The molecule has 0 aliphatic carbocycles. The van der Waals surface area contributed by atoms with Crippen molar-refractivity contribution in [2.24, 2.45) is 0 Å². The number of benzene rings is 2. The van der Waals surface area contributed by atoms with Crippen LogP contribution in [0.1, 0.15) is 46.2 Å². The van der Waals surface area contributed by atoms with Crippen LogP contribution < -0.4 is 10.4 Å². The van der Waals surface area contributed by atoms with E-state index >= 15 is 0 Å². The highest BCUT2D eigenvalue weighted by molar-refractivity contribution is 5.96. The number of methoxy groups -OCH3 is 1. The van der Waals surface area contributed by atoms with Gasteiger partial charge in [0.1, 0.15) is 6.67 Å². The molecule has 1 amide bonds. The smallest absolute Gasteiger partial charge is 0.277 e. The van der Waals surface area contributed by atoms with Gasteiger partial charge in [-0.15, -0.1) is 0 Å². The van der Waals surface area contributed by atoms with Crippen molar-refractivity contribution in [1.82, 2.24) is 14.5 Å². The number of fused-ring (bicyclic) bond motifs is 1. The van der Waals surface area contributed by atoms with Crippen LogP contribution in [0.3, 0.4) is 0 Å². The highest BCUT2D eigenvalue weighted by Gasteiger charge is 2.38. The van der Waals surface area contributed by atoms with Crippen molar-refractivity contribution in [2.75, 3.05) is 45.0 Å². The molecule has 5 rings (SSSR count). The summed E-state index contributed by atoms with van der Waals surface area (Å²) in [6.07, 6.45) is 2.22. The van der Waals surface area contributed by atoms with E-state index < -0.39 is 11.2 Å². The fourth-order valence-corrected chi connectivity index (χ4v) is 5.24. The molecule has 36 heavy (non-hydrogen) atoms. The van der Waals surface area contributed by atoms with Crippen molar-refractivity contribution < 1.29 is 14.6 Å². The molecule has 3 aromatic rings. The first-order valence-corrected chi connectivity index (χ1v) is 12.4. The summed E-state index contributed by atoms with van der Waals surface area (Å²) in [7, 11) is 1.59. The van der Waals surface area contributed by atoms with E-state index in [2.05, 4.69) is 34.2 Å². The second kappa shape index (κ2) is 10.6. The van der Waals surface area contributed by atoms with Gasteiger partial charge in [0, 0.05) is 26.3 Å². The molecule has 188 valence electrons. The van der Waals surface area contributed by atoms with E-state index in [1.165, 1.54) is 6.07 Å². The monoisotopic (exact) mass is 488 g/mol. The van der Waals surface area contributed by atoms with Crippen molar-refractivity contribution in [3.63, 3.8) is 0 Å².